The van der Waals surface area contributed by atoms with Crippen molar-refractivity contribution in [1.29, 1.82) is 0 Å². The second-order valence-corrected chi connectivity index (χ2v) is 5.38. The first-order valence-corrected chi connectivity index (χ1v) is 6.73. The Labute approximate surface area is 115 Å². The van der Waals surface area contributed by atoms with E-state index >= 15 is 0 Å². The molecule has 2 rings (SSSR count). The average molecular weight is 286 g/mol. The quantitative estimate of drug-likeness (QED) is 0.766. The van der Waals surface area contributed by atoms with Crippen LogP contribution in [0.5, 0.6) is 5.75 Å². The number of alkyl halides is 3. The third kappa shape index (κ3) is 3.52. The SMILES string of the molecule is CC1CCCC(Oc2ccc(C=O)cc2C(F)(F)F)C1. The molecule has 1 aliphatic rings. The van der Waals surface area contributed by atoms with E-state index in [0.29, 0.717) is 12.2 Å². The minimum Gasteiger partial charge on any atom is -0.490 e. The first-order chi connectivity index (χ1) is 9.40. The van der Waals surface area contributed by atoms with E-state index in [1.807, 2.05) is 0 Å². The summed E-state index contributed by atoms with van der Waals surface area (Å²) < 4.78 is 44.5. The number of carbonyl (C=O) groups is 1. The maximum absolute atomic E-state index is 13.0. The van der Waals surface area contributed by atoms with Crippen LogP contribution in [0, 0.1) is 5.92 Å². The van der Waals surface area contributed by atoms with Gasteiger partial charge in [-0.25, -0.2) is 0 Å². The van der Waals surface area contributed by atoms with Crippen LogP contribution in [0.3, 0.4) is 0 Å². The molecule has 0 spiro atoms. The van der Waals surface area contributed by atoms with Crippen LogP contribution in [-0.2, 0) is 6.18 Å². The molecule has 0 aliphatic heterocycles. The standard InChI is InChI=1S/C15H17F3O2/c1-10-3-2-4-12(7-10)20-14-6-5-11(9-19)8-13(14)15(16,17)18/h5-6,8-10,12H,2-4,7H2,1H3. The minimum absolute atomic E-state index is 0.00156. The predicted octanol–water partition coefficient (Wildman–Crippen LogP) is 4.48. The van der Waals surface area contributed by atoms with Crippen molar-refractivity contribution in [1.82, 2.24) is 0 Å². The monoisotopic (exact) mass is 286 g/mol. The lowest BCUT2D eigenvalue weighted by molar-refractivity contribution is -0.139. The molecule has 0 saturated heterocycles. The first-order valence-electron chi connectivity index (χ1n) is 6.73. The van der Waals surface area contributed by atoms with Crippen LogP contribution in [0.15, 0.2) is 18.2 Å². The van der Waals surface area contributed by atoms with Crippen LogP contribution in [0.25, 0.3) is 0 Å². The highest BCUT2D eigenvalue weighted by molar-refractivity contribution is 5.75. The van der Waals surface area contributed by atoms with Gasteiger partial charge in [-0.2, -0.15) is 13.2 Å². The zero-order valence-corrected chi connectivity index (χ0v) is 11.2. The van der Waals surface area contributed by atoms with Crippen LogP contribution in [-0.4, -0.2) is 12.4 Å². The largest absolute Gasteiger partial charge is 0.490 e. The molecule has 20 heavy (non-hydrogen) atoms. The summed E-state index contributed by atoms with van der Waals surface area (Å²) in [4.78, 5) is 10.6. The summed E-state index contributed by atoms with van der Waals surface area (Å²) in [7, 11) is 0. The molecule has 5 heteroatoms. The lowest BCUT2D eigenvalue weighted by Gasteiger charge is -2.28. The molecule has 1 saturated carbocycles. The molecule has 2 unspecified atom stereocenters. The summed E-state index contributed by atoms with van der Waals surface area (Å²) in [6, 6.07) is 3.43. The molecular weight excluding hydrogens is 269 g/mol. The molecule has 0 bridgehead atoms. The molecule has 0 radical (unpaired) electrons. The van der Waals surface area contributed by atoms with Gasteiger partial charge in [-0.1, -0.05) is 13.3 Å². The van der Waals surface area contributed by atoms with E-state index in [1.54, 1.807) is 0 Å². The van der Waals surface area contributed by atoms with Crippen molar-refractivity contribution in [2.75, 3.05) is 0 Å². The van der Waals surface area contributed by atoms with E-state index in [9.17, 15) is 18.0 Å². The Morgan fingerprint density at radius 1 is 1.30 bits per heavy atom. The second-order valence-electron chi connectivity index (χ2n) is 5.38. The first kappa shape index (κ1) is 14.9. The van der Waals surface area contributed by atoms with Gasteiger partial charge in [-0.05, 0) is 43.4 Å². The van der Waals surface area contributed by atoms with Crippen molar-refractivity contribution < 1.29 is 22.7 Å². The van der Waals surface area contributed by atoms with Gasteiger partial charge in [0.25, 0.3) is 0 Å². The maximum Gasteiger partial charge on any atom is 0.419 e. The molecule has 1 aromatic rings. The molecule has 0 heterocycles. The molecule has 2 nitrogen and oxygen atoms in total. The zero-order chi connectivity index (χ0) is 14.8. The number of rotatable bonds is 3. The minimum atomic E-state index is -4.52. The highest BCUT2D eigenvalue weighted by atomic mass is 19.4. The van der Waals surface area contributed by atoms with Crippen LogP contribution in [0.2, 0.25) is 0 Å². The summed E-state index contributed by atoms with van der Waals surface area (Å²) >= 11 is 0. The Bertz CT molecular complexity index is 482. The highest BCUT2D eigenvalue weighted by Crippen LogP contribution is 2.38. The summed E-state index contributed by atoms with van der Waals surface area (Å²) in [5, 5.41) is 0. The Kier molecular flexibility index (Phi) is 4.35. The fourth-order valence-electron chi connectivity index (χ4n) is 2.61. The molecule has 0 aromatic heterocycles. The fourth-order valence-corrected chi connectivity index (χ4v) is 2.61. The summed E-state index contributed by atoms with van der Waals surface area (Å²) in [5.41, 5.74) is -0.873. The third-order valence-electron chi connectivity index (χ3n) is 3.63. The van der Waals surface area contributed by atoms with Gasteiger partial charge in [0.2, 0.25) is 0 Å². The van der Waals surface area contributed by atoms with E-state index in [1.165, 1.54) is 12.1 Å². The fraction of sp³-hybridized carbons (Fsp3) is 0.533. The van der Waals surface area contributed by atoms with Crippen LogP contribution in [0.4, 0.5) is 13.2 Å². The van der Waals surface area contributed by atoms with Gasteiger partial charge in [0.15, 0.2) is 0 Å². The van der Waals surface area contributed by atoms with Crippen molar-refractivity contribution in [2.45, 2.75) is 44.9 Å². The van der Waals surface area contributed by atoms with Gasteiger partial charge >= 0.3 is 6.18 Å². The Morgan fingerprint density at radius 2 is 2.05 bits per heavy atom. The van der Waals surface area contributed by atoms with Crippen molar-refractivity contribution >= 4 is 6.29 Å². The Morgan fingerprint density at radius 3 is 2.65 bits per heavy atom. The zero-order valence-electron chi connectivity index (χ0n) is 11.2. The van der Waals surface area contributed by atoms with Crippen molar-refractivity contribution in [3.63, 3.8) is 0 Å². The predicted molar refractivity (Wildman–Crippen MR) is 68.9 cm³/mol. The van der Waals surface area contributed by atoms with Gasteiger partial charge in [0.05, 0.1) is 11.7 Å². The normalized spacial score (nSPS) is 23.4. The topological polar surface area (TPSA) is 26.3 Å². The number of hydrogen-bond donors (Lipinski definition) is 0. The van der Waals surface area contributed by atoms with Gasteiger partial charge in [-0.3, -0.25) is 4.79 Å². The summed E-state index contributed by atoms with van der Waals surface area (Å²) in [5.74, 6) is 0.291. The Hall–Kier alpha value is -1.52. The van der Waals surface area contributed by atoms with E-state index in [-0.39, 0.29) is 17.4 Å². The van der Waals surface area contributed by atoms with Gasteiger partial charge in [0.1, 0.15) is 12.0 Å². The Balaban J connectivity index is 2.24. The lowest BCUT2D eigenvalue weighted by atomic mass is 9.88. The molecule has 0 N–H and O–H groups in total. The number of aldehydes is 1. The molecule has 1 aliphatic carbocycles. The maximum atomic E-state index is 13.0. The molecule has 0 amide bonds. The van der Waals surface area contributed by atoms with Crippen LogP contribution in [0.1, 0.15) is 48.5 Å². The van der Waals surface area contributed by atoms with Crippen molar-refractivity contribution in [2.24, 2.45) is 5.92 Å². The van der Waals surface area contributed by atoms with Crippen LogP contribution >= 0.6 is 0 Å². The van der Waals surface area contributed by atoms with E-state index < -0.39 is 11.7 Å². The smallest absolute Gasteiger partial charge is 0.419 e. The van der Waals surface area contributed by atoms with Crippen LogP contribution < -0.4 is 4.74 Å². The number of carbonyl (C=O) groups excluding carboxylic acids is 1. The van der Waals surface area contributed by atoms with E-state index in [0.717, 1.165) is 31.7 Å². The average Bonchev–Trinajstić information content (AvgIpc) is 2.38. The number of ether oxygens (including phenoxy) is 1. The third-order valence-corrected chi connectivity index (χ3v) is 3.63. The van der Waals surface area contributed by atoms with Crippen molar-refractivity contribution in [3.8, 4) is 5.75 Å². The number of hydrogen-bond acceptors (Lipinski definition) is 2. The van der Waals surface area contributed by atoms with Gasteiger partial charge in [-0.15, -0.1) is 0 Å². The molecular formula is C15H17F3O2. The molecule has 1 aromatic carbocycles. The lowest BCUT2D eigenvalue weighted by Crippen LogP contribution is -2.25. The molecule has 2 atom stereocenters. The van der Waals surface area contributed by atoms with Crippen molar-refractivity contribution in [3.05, 3.63) is 29.3 Å². The van der Waals surface area contributed by atoms with E-state index in [4.69, 9.17) is 4.74 Å². The molecule has 110 valence electrons. The second kappa shape index (κ2) is 5.85. The molecule has 1 fully saturated rings. The van der Waals surface area contributed by atoms with E-state index in [2.05, 4.69) is 6.92 Å². The van der Waals surface area contributed by atoms with Gasteiger partial charge < -0.3 is 4.74 Å². The summed E-state index contributed by atoms with van der Waals surface area (Å²) in [6.45, 7) is 2.08. The number of halogens is 3. The summed E-state index contributed by atoms with van der Waals surface area (Å²) in [6.07, 6.45) is -0.683. The number of benzene rings is 1. The highest BCUT2D eigenvalue weighted by Gasteiger charge is 2.35. The van der Waals surface area contributed by atoms with Gasteiger partial charge in [0, 0.05) is 5.56 Å².